The van der Waals surface area contributed by atoms with Crippen LogP contribution in [0.15, 0.2) is 36.7 Å². The van der Waals surface area contributed by atoms with E-state index in [0.29, 0.717) is 12.2 Å². The number of rotatable bonds is 5. The molecule has 0 aliphatic heterocycles. The van der Waals surface area contributed by atoms with Crippen molar-refractivity contribution in [1.82, 2.24) is 9.78 Å². The van der Waals surface area contributed by atoms with Crippen molar-refractivity contribution in [2.45, 2.75) is 6.54 Å². The fourth-order valence-corrected chi connectivity index (χ4v) is 1.53. The van der Waals surface area contributed by atoms with Crippen molar-refractivity contribution in [2.75, 3.05) is 19.0 Å². The summed E-state index contributed by atoms with van der Waals surface area (Å²) in [6, 6.07) is 9.37. The lowest BCUT2D eigenvalue weighted by molar-refractivity contribution is 0.183. The fourth-order valence-electron chi connectivity index (χ4n) is 1.53. The van der Waals surface area contributed by atoms with Gasteiger partial charge in [0.05, 0.1) is 36.7 Å². The van der Waals surface area contributed by atoms with Crippen molar-refractivity contribution >= 4 is 11.4 Å². The van der Waals surface area contributed by atoms with E-state index in [1.165, 1.54) is 0 Å². The fraction of sp³-hybridized carbons (Fsp3) is 0.231. The molecule has 1 aromatic carbocycles. The minimum Gasteiger partial charge on any atom is -0.383 e. The molecule has 0 bridgehead atoms. The summed E-state index contributed by atoms with van der Waals surface area (Å²) in [7, 11) is 1.67. The maximum atomic E-state index is 8.71. The molecule has 1 heterocycles. The summed E-state index contributed by atoms with van der Waals surface area (Å²) in [5, 5.41) is 16.1. The summed E-state index contributed by atoms with van der Waals surface area (Å²) in [4.78, 5) is 0. The molecule has 2 rings (SSSR count). The Morgan fingerprint density at radius 1 is 1.33 bits per heavy atom. The van der Waals surface area contributed by atoms with E-state index in [1.54, 1.807) is 25.4 Å². The van der Waals surface area contributed by atoms with E-state index >= 15 is 0 Å². The van der Waals surface area contributed by atoms with Crippen molar-refractivity contribution in [3.63, 3.8) is 0 Å². The number of nitriles is 1. The molecule has 0 aliphatic carbocycles. The number of anilines is 2. The van der Waals surface area contributed by atoms with Gasteiger partial charge in [0, 0.05) is 19.0 Å². The van der Waals surface area contributed by atoms with Crippen LogP contribution in [0.25, 0.3) is 0 Å². The maximum Gasteiger partial charge on any atom is 0.0991 e. The highest BCUT2D eigenvalue weighted by molar-refractivity contribution is 5.58. The smallest absolute Gasteiger partial charge is 0.0991 e. The van der Waals surface area contributed by atoms with Gasteiger partial charge >= 0.3 is 0 Å². The molecule has 0 saturated heterocycles. The van der Waals surface area contributed by atoms with Gasteiger partial charge in [-0.15, -0.1) is 0 Å². The first kappa shape index (κ1) is 12.1. The van der Waals surface area contributed by atoms with Gasteiger partial charge in [0.15, 0.2) is 0 Å². The molecule has 0 atom stereocenters. The second-order valence-electron chi connectivity index (χ2n) is 3.80. The SMILES string of the molecule is COCCn1cc(Nc2ccc(C#N)cc2)cn1. The van der Waals surface area contributed by atoms with Crippen LogP contribution in [0.4, 0.5) is 11.4 Å². The molecule has 0 saturated carbocycles. The number of hydrogen-bond donors (Lipinski definition) is 1. The number of nitrogens with one attached hydrogen (secondary N) is 1. The third kappa shape index (κ3) is 3.09. The molecule has 5 heteroatoms. The van der Waals surface area contributed by atoms with Gasteiger partial charge in [-0.05, 0) is 24.3 Å². The molecule has 5 nitrogen and oxygen atoms in total. The number of nitrogens with zero attached hydrogens (tertiary/aromatic N) is 3. The first-order chi connectivity index (χ1) is 8.81. The number of benzene rings is 1. The van der Waals surface area contributed by atoms with Gasteiger partial charge in [-0.25, -0.2) is 0 Å². The maximum absolute atomic E-state index is 8.71. The first-order valence-electron chi connectivity index (χ1n) is 5.60. The summed E-state index contributed by atoms with van der Waals surface area (Å²) in [6.45, 7) is 1.36. The molecule has 0 spiro atoms. The molecule has 0 unspecified atom stereocenters. The topological polar surface area (TPSA) is 62.9 Å². The van der Waals surface area contributed by atoms with E-state index in [2.05, 4.69) is 16.5 Å². The number of hydrogen-bond acceptors (Lipinski definition) is 4. The molecule has 2 aromatic rings. The van der Waals surface area contributed by atoms with Crippen molar-refractivity contribution in [3.8, 4) is 6.07 Å². The predicted molar refractivity (Wildman–Crippen MR) is 68.5 cm³/mol. The van der Waals surface area contributed by atoms with Crippen LogP contribution >= 0.6 is 0 Å². The van der Waals surface area contributed by atoms with Crippen LogP contribution in [0, 0.1) is 11.3 Å². The van der Waals surface area contributed by atoms with Gasteiger partial charge in [0.25, 0.3) is 0 Å². The molecule has 0 radical (unpaired) electrons. The predicted octanol–water partition coefficient (Wildman–Crippen LogP) is 2.14. The highest BCUT2D eigenvalue weighted by Crippen LogP contribution is 2.16. The number of aromatic nitrogens is 2. The van der Waals surface area contributed by atoms with Gasteiger partial charge in [-0.3, -0.25) is 4.68 Å². The van der Waals surface area contributed by atoms with E-state index in [-0.39, 0.29) is 0 Å². The van der Waals surface area contributed by atoms with Gasteiger partial charge < -0.3 is 10.1 Å². The highest BCUT2D eigenvalue weighted by Gasteiger charge is 1.99. The van der Waals surface area contributed by atoms with Crippen molar-refractivity contribution in [1.29, 1.82) is 5.26 Å². The zero-order chi connectivity index (χ0) is 12.8. The number of ether oxygens (including phenoxy) is 1. The lowest BCUT2D eigenvalue weighted by Gasteiger charge is -2.02. The van der Waals surface area contributed by atoms with Gasteiger partial charge in [0.1, 0.15) is 0 Å². The Hall–Kier alpha value is -2.32. The summed E-state index contributed by atoms with van der Waals surface area (Å²) in [6.07, 6.45) is 3.67. The van der Waals surface area contributed by atoms with Crippen LogP contribution in [0.3, 0.4) is 0 Å². The minimum absolute atomic E-state index is 0.637. The van der Waals surface area contributed by atoms with E-state index in [0.717, 1.165) is 17.9 Å². The normalized spacial score (nSPS) is 10.0. The largest absolute Gasteiger partial charge is 0.383 e. The van der Waals surface area contributed by atoms with E-state index in [9.17, 15) is 0 Å². The zero-order valence-electron chi connectivity index (χ0n) is 10.1. The minimum atomic E-state index is 0.637. The molecule has 0 amide bonds. The molecule has 1 aromatic heterocycles. The third-order valence-electron chi connectivity index (χ3n) is 2.46. The lowest BCUT2D eigenvalue weighted by Crippen LogP contribution is -2.03. The first-order valence-corrected chi connectivity index (χ1v) is 5.60. The third-order valence-corrected chi connectivity index (χ3v) is 2.46. The average molecular weight is 242 g/mol. The van der Waals surface area contributed by atoms with Gasteiger partial charge in [0.2, 0.25) is 0 Å². The van der Waals surface area contributed by atoms with Crippen LogP contribution in [0.1, 0.15) is 5.56 Å². The summed E-state index contributed by atoms with van der Waals surface area (Å²) in [5.41, 5.74) is 2.49. The monoisotopic (exact) mass is 242 g/mol. The molecular weight excluding hydrogens is 228 g/mol. The standard InChI is InChI=1S/C13H14N4O/c1-18-7-6-17-10-13(9-15-17)16-12-4-2-11(8-14)3-5-12/h2-5,9-10,16H,6-7H2,1H3. The van der Waals surface area contributed by atoms with Crippen LogP contribution < -0.4 is 5.32 Å². The van der Waals surface area contributed by atoms with Crippen LogP contribution in [0.2, 0.25) is 0 Å². The number of methoxy groups -OCH3 is 1. The van der Waals surface area contributed by atoms with E-state index in [4.69, 9.17) is 10.00 Å². The zero-order valence-corrected chi connectivity index (χ0v) is 10.1. The van der Waals surface area contributed by atoms with Crippen LogP contribution in [-0.2, 0) is 11.3 Å². The molecule has 92 valence electrons. The Labute approximate surface area is 106 Å². The Kier molecular flexibility index (Phi) is 3.94. The molecule has 0 fully saturated rings. The van der Waals surface area contributed by atoms with Crippen LogP contribution in [-0.4, -0.2) is 23.5 Å². The summed E-state index contributed by atoms with van der Waals surface area (Å²) >= 11 is 0. The Morgan fingerprint density at radius 2 is 2.11 bits per heavy atom. The second kappa shape index (κ2) is 5.84. The van der Waals surface area contributed by atoms with Gasteiger partial charge in [-0.2, -0.15) is 10.4 Å². The van der Waals surface area contributed by atoms with Gasteiger partial charge in [-0.1, -0.05) is 0 Å². The van der Waals surface area contributed by atoms with Crippen LogP contribution in [0.5, 0.6) is 0 Å². The van der Waals surface area contributed by atoms with Crippen molar-refractivity contribution in [2.24, 2.45) is 0 Å². The molecule has 0 aliphatic rings. The Balaban J connectivity index is 2.00. The summed E-state index contributed by atoms with van der Waals surface area (Å²) < 4.78 is 6.80. The second-order valence-corrected chi connectivity index (χ2v) is 3.80. The average Bonchev–Trinajstić information content (AvgIpc) is 2.85. The molecule has 18 heavy (non-hydrogen) atoms. The van der Waals surface area contributed by atoms with Crippen molar-refractivity contribution in [3.05, 3.63) is 42.2 Å². The molecular formula is C13H14N4O. The summed E-state index contributed by atoms with van der Waals surface area (Å²) in [5.74, 6) is 0. The highest BCUT2D eigenvalue weighted by atomic mass is 16.5. The van der Waals surface area contributed by atoms with E-state index < -0.39 is 0 Å². The Bertz CT molecular complexity index is 539. The lowest BCUT2D eigenvalue weighted by atomic mass is 10.2. The quantitative estimate of drug-likeness (QED) is 0.872. The Morgan fingerprint density at radius 3 is 2.78 bits per heavy atom. The van der Waals surface area contributed by atoms with Crippen molar-refractivity contribution < 1.29 is 4.74 Å². The molecule has 1 N–H and O–H groups in total. The van der Waals surface area contributed by atoms with E-state index in [1.807, 2.05) is 23.0 Å².